The van der Waals surface area contributed by atoms with Crippen LogP contribution >= 0.6 is 0 Å². The van der Waals surface area contributed by atoms with E-state index in [9.17, 15) is 22.8 Å². The zero-order valence-corrected chi connectivity index (χ0v) is 10.3. The van der Waals surface area contributed by atoms with Gasteiger partial charge in [0.2, 0.25) is 5.43 Å². The highest BCUT2D eigenvalue weighted by Crippen LogP contribution is 2.28. The minimum atomic E-state index is -4.13. The molecule has 0 amide bonds. The normalized spacial score (nSPS) is 11.6. The zero-order chi connectivity index (χ0) is 14.9. The van der Waals surface area contributed by atoms with E-state index in [4.69, 9.17) is 4.42 Å². The average Bonchev–Trinajstić information content (AvgIpc) is 2.38. The summed E-state index contributed by atoms with van der Waals surface area (Å²) >= 11 is 0. The van der Waals surface area contributed by atoms with Gasteiger partial charge in [-0.25, -0.2) is 9.18 Å². The predicted octanol–water partition coefficient (Wildman–Crippen LogP) is 2.59. The number of rotatable bonds is 3. The summed E-state index contributed by atoms with van der Waals surface area (Å²) in [5.41, 5.74) is -2.43. The summed E-state index contributed by atoms with van der Waals surface area (Å²) in [4.78, 5) is 23.1. The number of benzene rings is 1. The number of ether oxygens (including phenoxy) is 1. The molecule has 0 atom stereocenters. The first-order chi connectivity index (χ1) is 9.37. The molecule has 0 aliphatic heterocycles. The van der Waals surface area contributed by atoms with Gasteiger partial charge in [-0.15, -0.1) is 0 Å². The van der Waals surface area contributed by atoms with Crippen molar-refractivity contribution in [3.05, 3.63) is 46.1 Å². The standard InChI is InChI=1S/C13H9F3O4/c1-2-19-12(18)13(15,16)9-6-20-10-5-7(14)3-4-8(10)11(9)17/h3-6H,2H2,1H3. The van der Waals surface area contributed by atoms with E-state index >= 15 is 0 Å². The lowest BCUT2D eigenvalue weighted by atomic mass is 10.1. The van der Waals surface area contributed by atoms with E-state index < -0.39 is 28.7 Å². The second-order valence-electron chi connectivity index (χ2n) is 3.91. The second kappa shape index (κ2) is 4.99. The van der Waals surface area contributed by atoms with Gasteiger partial charge in [0, 0.05) is 6.07 Å². The first-order valence-corrected chi connectivity index (χ1v) is 5.64. The molecule has 4 nitrogen and oxygen atoms in total. The third-order valence-corrected chi connectivity index (χ3v) is 2.61. The molecule has 7 heteroatoms. The molecule has 0 saturated heterocycles. The zero-order valence-electron chi connectivity index (χ0n) is 10.3. The van der Waals surface area contributed by atoms with Crippen LogP contribution in [0.4, 0.5) is 13.2 Å². The van der Waals surface area contributed by atoms with Gasteiger partial charge in [-0.1, -0.05) is 0 Å². The highest BCUT2D eigenvalue weighted by molar-refractivity contribution is 5.82. The maximum atomic E-state index is 13.8. The van der Waals surface area contributed by atoms with E-state index in [2.05, 4.69) is 4.74 Å². The monoisotopic (exact) mass is 286 g/mol. The van der Waals surface area contributed by atoms with Crippen molar-refractivity contribution in [3.63, 3.8) is 0 Å². The number of carbonyl (C=O) groups excluding carboxylic acids is 1. The van der Waals surface area contributed by atoms with Gasteiger partial charge in [-0.05, 0) is 19.1 Å². The van der Waals surface area contributed by atoms with Crippen LogP contribution in [0.3, 0.4) is 0 Å². The lowest BCUT2D eigenvalue weighted by Gasteiger charge is -2.13. The van der Waals surface area contributed by atoms with E-state index in [0.29, 0.717) is 6.26 Å². The van der Waals surface area contributed by atoms with Crippen LogP contribution < -0.4 is 5.43 Å². The van der Waals surface area contributed by atoms with E-state index in [1.165, 1.54) is 6.92 Å². The fraction of sp³-hybridized carbons (Fsp3) is 0.231. The van der Waals surface area contributed by atoms with Crippen LogP contribution in [-0.4, -0.2) is 12.6 Å². The molecule has 0 radical (unpaired) electrons. The maximum absolute atomic E-state index is 13.8. The SMILES string of the molecule is CCOC(=O)C(F)(F)c1coc2cc(F)ccc2c1=O. The maximum Gasteiger partial charge on any atom is 0.382 e. The Morgan fingerprint density at radius 3 is 2.75 bits per heavy atom. The number of fused-ring (bicyclic) bond motifs is 1. The van der Waals surface area contributed by atoms with Crippen molar-refractivity contribution in [2.75, 3.05) is 6.61 Å². The highest BCUT2D eigenvalue weighted by Gasteiger charge is 2.45. The molecule has 106 valence electrons. The van der Waals surface area contributed by atoms with Crippen molar-refractivity contribution in [3.8, 4) is 0 Å². The minimum absolute atomic E-state index is 0.182. The van der Waals surface area contributed by atoms with E-state index in [1.54, 1.807) is 0 Å². The number of hydrogen-bond acceptors (Lipinski definition) is 4. The molecule has 1 aromatic heterocycles. The Morgan fingerprint density at radius 1 is 1.40 bits per heavy atom. The Hall–Kier alpha value is -2.31. The van der Waals surface area contributed by atoms with Crippen LogP contribution in [0.2, 0.25) is 0 Å². The minimum Gasteiger partial charge on any atom is -0.463 e. The molecule has 0 aliphatic rings. The fourth-order valence-electron chi connectivity index (χ4n) is 1.65. The summed E-state index contributed by atoms with van der Waals surface area (Å²) in [6.07, 6.45) is 0.445. The lowest BCUT2D eigenvalue weighted by molar-refractivity contribution is -0.173. The van der Waals surface area contributed by atoms with Crippen LogP contribution in [-0.2, 0) is 15.5 Å². The van der Waals surface area contributed by atoms with Gasteiger partial charge in [0.15, 0.2) is 0 Å². The molecule has 0 spiro atoms. The topological polar surface area (TPSA) is 56.5 Å². The molecular weight excluding hydrogens is 277 g/mol. The third-order valence-electron chi connectivity index (χ3n) is 2.61. The lowest BCUT2D eigenvalue weighted by Crippen LogP contribution is -2.33. The predicted molar refractivity (Wildman–Crippen MR) is 63.0 cm³/mol. The molecule has 2 aromatic rings. The molecule has 0 fully saturated rings. The summed E-state index contributed by atoms with van der Waals surface area (Å²) < 4.78 is 49.5. The summed E-state index contributed by atoms with van der Waals surface area (Å²) in [6.45, 7) is 1.11. The quantitative estimate of drug-likeness (QED) is 0.814. The van der Waals surface area contributed by atoms with E-state index in [1.807, 2.05) is 0 Å². The van der Waals surface area contributed by atoms with Crippen molar-refractivity contribution >= 4 is 16.9 Å². The Labute approximate surface area is 110 Å². The van der Waals surface area contributed by atoms with Gasteiger partial charge in [-0.2, -0.15) is 8.78 Å². The van der Waals surface area contributed by atoms with Gasteiger partial charge in [0.1, 0.15) is 23.2 Å². The Bertz CT molecular complexity index is 721. The van der Waals surface area contributed by atoms with Crippen molar-refractivity contribution in [1.82, 2.24) is 0 Å². The number of hydrogen-bond donors (Lipinski definition) is 0. The van der Waals surface area contributed by atoms with E-state index in [-0.39, 0.29) is 17.6 Å². The van der Waals surface area contributed by atoms with Crippen LogP contribution in [0.5, 0.6) is 0 Å². The Balaban J connectivity index is 2.61. The molecule has 1 aromatic carbocycles. The largest absolute Gasteiger partial charge is 0.463 e. The summed E-state index contributed by atoms with van der Waals surface area (Å²) in [7, 11) is 0. The third kappa shape index (κ3) is 2.26. The average molecular weight is 286 g/mol. The van der Waals surface area contributed by atoms with Gasteiger partial charge in [0.05, 0.1) is 12.0 Å². The number of esters is 1. The molecule has 0 aliphatic carbocycles. The van der Waals surface area contributed by atoms with Gasteiger partial charge in [-0.3, -0.25) is 4.79 Å². The van der Waals surface area contributed by atoms with Crippen molar-refractivity contribution in [2.45, 2.75) is 12.8 Å². The first-order valence-electron chi connectivity index (χ1n) is 5.64. The van der Waals surface area contributed by atoms with Crippen LogP contribution in [0, 0.1) is 5.82 Å². The van der Waals surface area contributed by atoms with Gasteiger partial charge in [0.25, 0.3) is 0 Å². The number of halogens is 3. The first kappa shape index (κ1) is 14.1. The van der Waals surface area contributed by atoms with Crippen LogP contribution in [0.1, 0.15) is 12.5 Å². The molecule has 20 heavy (non-hydrogen) atoms. The van der Waals surface area contributed by atoms with Crippen molar-refractivity contribution < 1.29 is 27.1 Å². The Morgan fingerprint density at radius 2 is 2.10 bits per heavy atom. The van der Waals surface area contributed by atoms with Crippen LogP contribution in [0.25, 0.3) is 11.0 Å². The molecule has 2 rings (SSSR count). The fourth-order valence-corrected chi connectivity index (χ4v) is 1.65. The molecular formula is C13H9F3O4. The summed E-state index contributed by atoms with van der Waals surface area (Å²) in [6, 6.07) is 2.84. The molecule has 1 heterocycles. The summed E-state index contributed by atoms with van der Waals surface area (Å²) in [5.74, 6) is -6.64. The van der Waals surface area contributed by atoms with Crippen molar-refractivity contribution in [2.24, 2.45) is 0 Å². The van der Waals surface area contributed by atoms with Crippen LogP contribution in [0.15, 0.2) is 33.7 Å². The second-order valence-corrected chi connectivity index (χ2v) is 3.91. The molecule has 0 saturated carbocycles. The van der Waals surface area contributed by atoms with Crippen molar-refractivity contribution in [1.29, 1.82) is 0 Å². The highest BCUT2D eigenvalue weighted by atomic mass is 19.3. The molecule has 0 bridgehead atoms. The number of carbonyl (C=O) groups is 1. The molecule has 0 N–H and O–H groups in total. The van der Waals surface area contributed by atoms with Gasteiger partial charge < -0.3 is 9.15 Å². The Kier molecular flexibility index (Phi) is 3.52. The van der Waals surface area contributed by atoms with Gasteiger partial charge >= 0.3 is 11.9 Å². The van der Waals surface area contributed by atoms with E-state index in [0.717, 1.165) is 18.2 Å². The number of alkyl halides is 2. The molecule has 0 unspecified atom stereocenters. The summed E-state index contributed by atoms with van der Waals surface area (Å²) in [5, 5.41) is -0.243. The smallest absolute Gasteiger partial charge is 0.382 e.